The van der Waals surface area contributed by atoms with Gasteiger partial charge in [-0.1, -0.05) is 22.0 Å². The molecule has 1 saturated heterocycles. The number of aryl methyl sites for hydroxylation is 2. The van der Waals surface area contributed by atoms with Crippen LogP contribution in [-0.4, -0.2) is 18.4 Å². The lowest BCUT2D eigenvalue weighted by molar-refractivity contribution is -0.122. The van der Waals surface area contributed by atoms with Gasteiger partial charge in [-0.05, 0) is 61.4 Å². The van der Waals surface area contributed by atoms with E-state index in [2.05, 4.69) is 27.3 Å². The summed E-state index contributed by atoms with van der Waals surface area (Å²) < 4.78 is 0.956. The van der Waals surface area contributed by atoms with Gasteiger partial charge in [-0.2, -0.15) is 0 Å². The molecule has 1 heterocycles. The van der Waals surface area contributed by atoms with Crippen molar-refractivity contribution in [3.8, 4) is 0 Å². The van der Waals surface area contributed by atoms with Crippen LogP contribution in [0.5, 0.6) is 0 Å². The number of amides is 2. The fourth-order valence-electron chi connectivity index (χ4n) is 3.02. The van der Waals surface area contributed by atoms with Crippen LogP contribution in [0.15, 0.2) is 46.9 Å². The van der Waals surface area contributed by atoms with E-state index in [0.29, 0.717) is 6.54 Å². The maximum atomic E-state index is 12.5. The van der Waals surface area contributed by atoms with E-state index < -0.39 is 0 Å². The van der Waals surface area contributed by atoms with E-state index in [0.717, 1.165) is 27.0 Å². The predicted molar refractivity (Wildman–Crippen MR) is 99.1 cm³/mol. The number of nitrogens with zero attached hydrogens (tertiary/aromatic N) is 1. The molecule has 1 fully saturated rings. The van der Waals surface area contributed by atoms with Crippen LogP contribution in [-0.2, 0) is 9.59 Å². The van der Waals surface area contributed by atoms with Gasteiger partial charge in [0, 0.05) is 28.8 Å². The van der Waals surface area contributed by atoms with E-state index in [1.807, 2.05) is 50.2 Å². The van der Waals surface area contributed by atoms with Gasteiger partial charge < -0.3 is 10.2 Å². The second kappa shape index (κ2) is 6.77. The Morgan fingerprint density at radius 3 is 2.38 bits per heavy atom. The number of carbonyl (C=O) groups excluding carboxylic acids is 2. The lowest BCUT2D eigenvalue weighted by Gasteiger charge is -2.18. The van der Waals surface area contributed by atoms with Crippen molar-refractivity contribution in [3.05, 3.63) is 58.1 Å². The Balaban J connectivity index is 1.71. The van der Waals surface area contributed by atoms with Gasteiger partial charge in [0.2, 0.25) is 11.8 Å². The molecule has 0 aromatic heterocycles. The van der Waals surface area contributed by atoms with Gasteiger partial charge in [-0.3, -0.25) is 9.59 Å². The summed E-state index contributed by atoms with van der Waals surface area (Å²) in [6.07, 6.45) is 0.245. The van der Waals surface area contributed by atoms with Gasteiger partial charge in [-0.15, -0.1) is 0 Å². The van der Waals surface area contributed by atoms with Gasteiger partial charge in [-0.25, -0.2) is 0 Å². The number of carbonyl (C=O) groups is 2. The largest absolute Gasteiger partial charge is 0.326 e. The zero-order valence-corrected chi connectivity index (χ0v) is 15.3. The second-order valence-electron chi connectivity index (χ2n) is 6.25. The van der Waals surface area contributed by atoms with E-state index in [9.17, 15) is 9.59 Å². The van der Waals surface area contributed by atoms with Crippen LogP contribution in [0, 0.1) is 19.8 Å². The molecule has 124 valence electrons. The Hall–Kier alpha value is -2.14. The molecular formula is C19H19BrN2O2. The van der Waals surface area contributed by atoms with Crippen LogP contribution in [0.3, 0.4) is 0 Å². The molecule has 0 unspecified atom stereocenters. The number of hydrogen-bond donors (Lipinski definition) is 1. The first-order valence-corrected chi connectivity index (χ1v) is 8.67. The summed E-state index contributed by atoms with van der Waals surface area (Å²) in [7, 11) is 0. The lowest BCUT2D eigenvalue weighted by atomic mass is 10.1. The highest BCUT2D eigenvalue weighted by atomic mass is 79.9. The fraction of sp³-hybridized carbons (Fsp3) is 0.263. The maximum Gasteiger partial charge on any atom is 0.229 e. The summed E-state index contributed by atoms with van der Waals surface area (Å²) in [5.74, 6) is -0.449. The van der Waals surface area contributed by atoms with Crippen molar-refractivity contribution in [1.29, 1.82) is 0 Å². The van der Waals surface area contributed by atoms with Gasteiger partial charge in [0.15, 0.2) is 0 Å². The Bertz CT molecular complexity index is 766. The number of rotatable bonds is 3. The third-order valence-electron chi connectivity index (χ3n) is 4.13. The van der Waals surface area contributed by atoms with Crippen molar-refractivity contribution in [2.45, 2.75) is 20.3 Å². The first-order chi connectivity index (χ1) is 11.4. The number of benzene rings is 2. The molecule has 2 amide bonds. The number of nitrogens with one attached hydrogen (secondary N) is 1. The van der Waals surface area contributed by atoms with E-state index in [1.165, 1.54) is 0 Å². The third-order valence-corrected chi connectivity index (χ3v) is 4.65. The molecular weight excluding hydrogens is 368 g/mol. The summed E-state index contributed by atoms with van der Waals surface area (Å²) in [6, 6.07) is 13.5. The highest BCUT2D eigenvalue weighted by Crippen LogP contribution is 2.28. The average molecular weight is 387 g/mol. The number of halogens is 1. The average Bonchev–Trinajstić information content (AvgIpc) is 2.91. The molecule has 1 atom stereocenters. The zero-order chi connectivity index (χ0) is 17.3. The molecule has 2 aromatic rings. The standard InChI is InChI=1S/C19H19BrN2O2/c1-12-7-13(2)9-17(8-12)22-11-14(10-18(22)23)19(24)21-16-5-3-15(20)4-6-16/h3-9,14H,10-11H2,1-2H3,(H,21,24)/t14-/m1/s1. The van der Waals surface area contributed by atoms with Gasteiger partial charge in [0.25, 0.3) is 0 Å². The first-order valence-electron chi connectivity index (χ1n) is 7.87. The Labute approximate surface area is 150 Å². The number of hydrogen-bond acceptors (Lipinski definition) is 2. The molecule has 24 heavy (non-hydrogen) atoms. The molecule has 0 saturated carbocycles. The van der Waals surface area contributed by atoms with Gasteiger partial charge in [0.1, 0.15) is 0 Å². The third kappa shape index (κ3) is 3.67. The molecule has 0 radical (unpaired) electrons. The lowest BCUT2D eigenvalue weighted by Crippen LogP contribution is -2.28. The minimum Gasteiger partial charge on any atom is -0.326 e. The van der Waals surface area contributed by atoms with E-state index >= 15 is 0 Å². The van der Waals surface area contributed by atoms with Crippen molar-refractivity contribution in [2.24, 2.45) is 5.92 Å². The van der Waals surface area contributed by atoms with Crippen molar-refractivity contribution in [1.82, 2.24) is 0 Å². The van der Waals surface area contributed by atoms with Crippen LogP contribution in [0.25, 0.3) is 0 Å². The summed E-state index contributed by atoms with van der Waals surface area (Å²) >= 11 is 3.37. The van der Waals surface area contributed by atoms with Crippen LogP contribution >= 0.6 is 15.9 Å². The summed E-state index contributed by atoms with van der Waals surface area (Å²) in [6.45, 7) is 4.44. The molecule has 1 N–H and O–H groups in total. The zero-order valence-electron chi connectivity index (χ0n) is 13.7. The SMILES string of the molecule is Cc1cc(C)cc(N2C[C@H](C(=O)Nc3ccc(Br)cc3)CC2=O)c1. The predicted octanol–water partition coefficient (Wildman–Crippen LogP) is 4.06. The Kier molecular flexibility index (Phi) is 4.71. The normalized spacial score (nSPS) is 17.2. The van der Waals surface area contributed by atoms with Crippen molar-refractivity contribution < 1.29 is 9.59 Å². The maximum absolute atomic E-state index is 12.5. The summed E-state index contributed by atoms with van der Waals surface area (Å²) in [4.78, 5) is 26.5. The summed E-state index contributed by atoms with van der Waals surface area (Å²) in [5, 5.41) is 2.89. The highest BCUT2D eigenvalue weighted by molar-refractivity contribution is 9.10. The van der Waals surface area contributed by atoms with Crippen LogP contribution in [0.4, 0.5) is 11.4 Å². The number of anilines is 2. The van der Waals surface area contributed by atoms with Gasteiger partial charge >= 0.3 is 0 Å². The molecule has 0 bridgehead atoms. The van der Waals surface area contributed by atoms with E-state index in [-0.39, 0.29) is 24.2 Å². The molecule has 1 aliphatic heterocycles. The minimum absolute atomic E-state index is 0.00374. The van der Waals surface area contributed by atoms with Crippen LogP contribution in [0.1, 0.15) is 17.5 Å². The topological polar surface area (TPSA) is 49.4 Å². The van der Waals surface area contributed by atoms with Crippen molar-refractivity contribution >= 4 is 39.1 Å². The van der Waals surface area contributed by atoms with Gasteiger partial charge in [0.05, 0.1) is 5.92 Å². The molecule has 0 spiro atoms. The molecule has 4 nitrogen and oxygen atoms in total. The van der Waals surface area contributed by atoms with E-state index in [1.54, 1.807) is 4.90 Å². The minimum atomic E-state index is -0.332. The molecule has 3 rings (SSSR count). The molecule has 5 heteroatoms. The first kappa shape index (κ1) is 16.7. The van der Waals surface area contributed by atoms with Crippen molar-refractivity contribution in [2.75, 3.05) is 16.8 Å². The highest BCUT2D eigenvalue weighted by Gasteiger charge is 2.35. The molecule has 1 aliphatic rings. The molecule has 2 aromatic carbocycles. The quantitative estimate of drug-likeness (QED) is 0.864. The molecule has 0 aliphatic carbocycles. The monoisotopic (exact) mass is 386 g/mol. The van der Waals surface area contributed by atoms with E-state index in [4.69, 9.17) is 0 Å². The second-order valence-corrected chi connectivity index (χ2v) is 7.16. The Morgan fingerprint density at radius 2 is 1.75 bits per heavy atom. The van der Waals surface area contributed by atoms with Crippen LogP contribution in [0.2, 0.25) is 0 Å². The van der Waals surface area contributed by atoms with Crippen LogP contribution < -0.4 is 10.2 Å². The van der Waals surface area contributed by atoms with Crippen molar-refractivity contribution in [3.63, 3.8) is 0 Å². The fourth-order valence-corrected chi connectivity index (χ4v) is 3.28. The smallest absolute Gasteiger partial charge is 0.229 e. The Morgan fingerprint density at radius 1 is 1.12 bits per heavy atom. The summed E-state index contributed by atoms with van der Waals surface area (Å²) in [5.41, 5.74) is 3.83.